The molecule has 1 unspecified atom stereocenters. The number of hydrogen-bond donors (Lipinski definition) is 7. The lowest BCUT2D eigenvalue weighted by molar-refractivity contribution is -0.154. The molecule has 9 N–H and O–H groups in total. The Balaban J connectivity index is 3.25. The number of guanidine groups is 1. The fourth-order valence-electron chi connectivity index (χ4n) is 3.37. The number of carboxylic acids is 2. The molecular weight excluding hydrogens is 486 g/mol. The first kappa shape index (κ1) is 30.8. The van der Waals surface area contributed by atoms with Gasteiger partial charge in [-0.3, -0.25) is 29.2 Å². The van der Waals surface area contributed by atoms with Crippen LogP contribution in [0.4, 0.5) is 0 Å². The van der Waals surface area contributed by atoms with Crippen LogP contribution < -0.4 is 27.5 Å². The summed E-state index contributed by atoms with van der Waals surface area (Å²) in [4.78, 5) is 65.1. The molecule has 0 aliphatic rings. The summed E-state index contributed by atoms with van der Waals surface area (Å²) in [5, 5.41) is 24.3. The van der Waals surface area contributed by atoms with E-state index in [0.717, 1.165) is 11.9 Å². The maximum Gasteiger partial charge on any atom is 0.328 e. The van der Waals surface area contributed by atoms with E-state index in [1.165, 1.54) is 0 Å². The molecule has 0 spiro atoms. The quantitative estimate of drug-likeness (QED) is 0.0639. The Morgan fingerprint density at radius 3 is 2.14 bits per heavy atom. The van der Waals surface area contributed by atoms with Crippen LogP contribution in [0.5, 0.6) is 0 Å². The molecule has 37 heavy (non-hydrogen) atoms. The molecule has 0 aliphatic heterocycles. The van der Waals surface area contributed by atoms with Crippen molar-refractivity contribution in [2.45, 2.75) is 51.7 Å². The first-order valence-electron chi connectivity index (χ1n) is 11.5. The lowest BCUT2D eigenvalue weighted by Crippen LogP contribution is -2.58. The van der Waals surface area contributed by atoms with E-state index < -0.39 is 60.2 Å². The molecule has 14 nitrogen and oxygen atoms in total. The van der Waals surface area contributed by atoms with Gasteiger partial charge >= 0.3 is 11.9 Å². The number of carboxylic acid groups (broad SMARTS) is 2. The second kappa shape index (κ2) is 15.0. The molecule has 0 radical (unpaired) electrons. The minimum absolute atomic E-state index is 0.0198. The number of carbonyl (C=O) groups excluding carboxylic acids is 3. The van der Waals surface area contributed by atoms with Gasteiger partial charge in [-0.05, 0) is 24.3 Å². The third-order valence-corrected chi connectivity index (χ3v) is 5.19. The molecule has 0 saturated heterocycles. The van der Waals surface area contributed by atoms with Gasteiger partial charge in [0.25, 0.3) is 0 Å². The predicted octanol–water partition coefficient (Wildman–Crippen LogP) is -1.07. The monoisotopic (exact) mass is 521 g/mol. The molecule has 0 heterocycles. The Bertz CT molecular complexity index is 981. The first-order valence-corrected chi connectivity index (χ1v) is 11.5. The predicted molar refractivity (Wildman–Crippen MR) is 134 cm³/mol. The smallest absolute Gasteiger partial charge is 0.328 e. The molecule has 14 heteroatoms. The number of benzene rings is 1. The number of nitrogens with two attached hydrogens (primary N) is 2. The van der Waals surface area contributed by atoms with Crippen LogP contribution >= 0.6 is 0 Å². The zero-order valence-electron chi connectivity index (χ0n) is 21.0. The maximum absolute atomic E-state index is 13.4. The Morgan fingerprint density at radius 2 is 1.65 bits per heavy atom. The summed E-state index contributed by atoms with van der Waals surface area (Å²) in [6.07, 6.45) is 0.218. The van der Waals surface area contributed by atoms with Gasteiger partial charge in [0.2, 0.25) is 17.7 Å². The molecule has 204 valence electrons. The van der Waals surface area contributed by atoms with Gasteiger partial charge < -0.3 is 32.3 Å². The standard InChI is InChI=1S/C23H35N7O7/c1-13(2)18(20(34)27-12-17(32)33)28-21(35)19(15-8-5-4-6-9-15)29-30(14(3)31)16(22(36)37)10-7-11-26-23(24)25/h4-6,8-9,13,16,18-19,29H,7,10-12H2,1-3H3,(H,27,34)(H,28,35)(H,32,33)(H,36,37)(H4,24,25,26)/t16-,18-,19?/m0/s1. The molecule has 0 saturated carbocycles. The zero-order chi connectivity index (χ0) is 28.1. The SMILES string of the molecule is CC(=O)N(NC(C(=O)N[C@H](C(=O)NCC(=O)O)C(C)C)c1ccccc1)[C@@H](CCCN=C(N)N)C(=O)O. The van der Waals surface area contributed by atoms with Crippen LogP contribution in [0.15, 0.2) is 35.3 Å². The molecule has 0 bridgehead atoms. The first-order chi connectivity index (χ1) is 17.3. The number of rotatable bonds is 15. The summed E-state index contributed by atoms with van der Waals surface area (Å²) in [5.74, 6) is -5.23. The lowest BCUT2D eigenvalue weighted by atomic mass is 10.0. The molecule has 3 atom stereocenters. The largest absolute Gasteiger partial charge is 0.480 e. The molecule has 0 fully saturated rings. The molecule has 0 aromatic heterocycles. The molecular formula is C23H35N7O7. The van der Waals surface area contributed by atoms with Crippen molar-refractivity contribution >= 4 is 35.6 Å². The second-order valence-corrected chi connectivity index (χ2v) is 8.51. The van der Waals surface area contributed by atoms with E-state index in [-0.39, 0.29) is 25.3 Å². The van der Waals surface area contributed by atoms with E-state index in [0.29, 0.717) is 5.56 Å². The highest BCUT2D eigenvalue weighted by Crippen LogP contribution is 2.18. The lowest BCUT2D eigenvalue weighted by Gasteiger charge is -2.33. The van der Waals surface area contributed by atoms with Gasteiger partial charge in [0, 0.05) is 13.5 Å². The minimum Gasteiger partial charge on any atom is -0.480 e. The number of carbonyl (C=O) groups is 5. The van der Waals surface area contributed by atoms with Crippen LogP contribution in [0.2, 0.25) is 0 Å². The average molecular weight is 522 g/mol. The van der Waals surface area contributed by atoms with Gasteiger partial charge in [0.1, 0.15) is 24.7 Å². The number of hydrazine groups is 1. The van der Waals surface area contributed by atoms with Crippen molar-refractivity contribution in [3.8, 4) is 0 Å². The molecule has 1 aromatic rings. The van der Waals surface area contributed by atoms with Crippen molar-refractivity contribution < 1.29 is 34.2 Å². The highest BCUT2D eigenvalue weighted by molar-refractivity contribution is 5.92. The fraction of sp³-hybridized carbons (Fsp3) is 0.478. The number of aliphatic imine (C=N–C) groups is 1. The van der Waals surface area contributed by atoms with Crippen molar-refractivity contribution in [1.82, 2.24) is 21.1 Å². The number of hydrogen-bond acceptors (Lipinski definition) is 7. The Hall–Kier alpha value is -4.20. The van der Waals surface area contributed by atoms with E-state index in [9.17, 15) is 29.1 Å². The van der Waals surface area contributed by atoms with Crippen molar-refractivity contribution in [3.05, 3.63) is 35.9 Å². The molecule has 1 aromatic carbocycles. The molecule has 3 amide bonds. The molecule has 1 rings (SSSR count). The van der Waals surface area contributed by atoms with E-state index >= 15 is 0 Å². The Kier molecular flexibility index (Phi) is 12.5. The topological polar surface area (TPSA) is 230 Å². The van der Waals surface area contributed by atoms with Gasteiger partial charge in [-0.15, -0.1) is 0 Å². The van der Waals surface area contributed by atoms with Crippen LogP contribution in [0.25, 0.3) is 0 Å². The average Bonchev–Trinajstić information content (AvgIpc) is 2.82. The van der Waals surface area contributed by atoms with E-state index in [4.69, 9.17) is 16.6 Å². The molecule has 0 aliphatic carbocycles. The van der Waals surface area contributed by atoms with Gasteiger partial charge in [0.15, 0.2) is 5.96 Å². The maximum atomic E-state index is 13.4. The van der Waals surface area contributed by atoms with E-state index in [1.807, 2.05) is 0 Å². The van der Waals surface area contributed by atoms with Crippen LogP contribution in [-0.2, 0) is 24.0 Å². The highest BCUT2D eigenvalue weighted by Gasteiger charge is 2.34. The minimum atomic E-state index is -1.36. The van der Waals surface area contributed by atoms with E-state index in [1.54, 1.807) is 44.2 Å². The van der Waals surface area contributed by atoms with Crippen molar-refractivity contribution in [3.63, 3.8) is 0 Å². The Labute approximate surface area is 214 Å². The number of aliphatic carboxylic acids is 2. The summed E-state index contributed by atoms with van der Waals surface area (Å²) < 4.78 is 0. The normalized spacial score (nSPS) is 13.1. The van der Waals surface area contributed by atoms with Crippen LogP contribution in [0.1, 0.15) is 45.2 Å². The highest BCUT2D eigenvalue weighted by atomic mass is 16.4. The number of nitrogens with one attached hydrogen (secondary N) is 3. The van der Waals surface area contributed by atoms with Gasteiger partial charge in [-0.25, -0.2) is 10.2 Å². The van der Waals surface area contributed by atoms with Crippen LogP contribution in [0.3, 0.4) is 0 Å². The third-order valence-electron chi connectivity index (χ3n) is 5.19. The summed E-state index contributed by atoms with van der Waals surface area (Å²) in [6.45, 7) is 3.98. The number of nitrogens with zero attached hydrogens (tertiary/aromatic N) is 2. The summed E-state index contributed by atoms with van der Waals surface area (Å²) in [5.41, 5.74) is 13.7. The summed E-state index contributed by atoms with van der Waals surface area (Å²) in [7, 11) is 0. The van der Waals surface area contributed by atoms with Crippen molar-refractivity contribution in [1.29, 1.82) is 0 Å². The zero-order valence-corrected chi connectivity index (χ0v) is 21.0. The number of amides is 3. The third kappa shape index (κ3) is 10.5. The van der Waals surface area contributed by atoms with Gasteiger partial charge in [-0.1, -0.05) is 44.2 Å². The van der Waals surface area contributed by atoms with Crippen LogP contribution in [0, 0.1) is 5.92 Å². The van der Waals surface area contributed by atoms with Crippen LogP contribution in [-0.4, -0.2) is 76.0 Å². The second-order valence-electron chi connectivity index (χ2n) is 8.51. The Morgan fingerprint density at radius 1 is 1.03 bits per heavy atom. The summed E-state index contributed by atoms with van der Waals surface area (Å²) in [6, 6.07) is 4.49. The van der Waals surface area contributed by atoms with Crippen molar-refractivity contribution in [2.75, 3.05) is 13.1 Å². The summed E-state index contributed by atoms with van der Waals surface area (Å²) >= 11 is 0. The fourth-order valence-corrected chi connectivity index (χ4v) is 3.37. The van der Waals surface area contributed by atoms with Gasteiger partial charge in [-0.2, -0.15) is 0 Å². The van der Waals surface area contributed by atoms with Crippen molar-refractivity contribution in [2.24, 2.45) is 22.4 Å². The van der Waals surface area contributed by atoms with E-state index in [2.05, 4.69) is 21.1 Å². The van der Waals surface area contributed by atoms with Gasteiger partial charge in [0.05, 0.1) is 0 Å².